The fourth-order valence-corrected chi connectivity index (χ4v) is 3.99. The Balaban J connectivity index is 1.74. The number of amidine groups is 1. The van der Waals surface area contributed by atoms with Gasteiger partial charge in [0.15, 0.2) is 5.17 Å². The molecular formula is C13H20N2S2. The molecule has 2 rings (SSSR count). The summed E-state index contributed by atoms with van der Waals surface area (Å²) in [5.74, 6) is 0.766. The predicted octanol–water partition coefficient (Wildman–Crippen LogP) is 3.66. The largest absolute Gasteiger partial charge is 0.360 e. The molecule has 2 heterocycles. The van der Waals surface area contributed by atoms with Gasteiger partial charge in [0.2, 0.25) is 0 Å². The highest BCUT2D eigenvalue weighted by atomic mass is 32.2. The maximum Gasteiger partial charge on any atom is 0.157 e. The normalized spacial score (nSPS) is 19.8. The maximum absolute atomic E-state index is 4.57. The second kappa shape index (κ2) is 5.91. The van der Waals surface area contributed by atoms with Gasteiger partial charge in [-0.3, -0.25) is 4.99 Å². The van der Waals surface area contributed by atoms with E-state index in [9.17, 15) is 0 Å². The van der Waals surface area contributed by atoms with Crippen molar-refractivity contribution in [2.24, 2.45) is 10.9 Å². The van der Waals surface area contributed by atoms with Gasteiger partial charge in [0.1, 0.15) is 0 Å². The molecule has 0 radical (unpaired) electrons. The predicted molar refractivity (Wildman–Crippen MR) is 79.0 cm³/mol. The number of hydrogen-bond donors (Lipinski definition) is 1. The number of rotatable bonds is 4. The summed E-state index contributed by atoms with van der Waals surface area (Å²) in [7, 11) is 0. The smallest absolute Gasteiger partial charge is 0.157 e. The Bertz CT molecular complexity index is 396. The molecule has 0 spiro atoms. The van der Waals surface area contributed by atoms with Crippen LogP contribution in [0.5, 0.6) is 0 Å². The summed E-state index contributed by atoms with van der Waals surface area (Å²) >= 11 is 3.76. The number of hydrogen-bond acceptors (Lipinski definition) is 4. The lowest BCUT2D eigenvalue weighted by molar-refractivity contribution is 0.575. The van der Waals surface area contributed by atoms with E-state index in [1.54, 1.807) is 0 Å². The summed E-state index contributed by atoms with van der Waals surface area (Å²) in [6.07, 6.45) is 1.26. The van der Waals surface area contributed by atoms with E-state index in [0.29, 0.717) is 5.25 Å². The average Bonchev–Trinajstić information content (AvgIpc) is 2.84. The zero-order valence-corrected chi connectivity index (χ0v) is 12.3. The summed E-state index contributed by atoms with van der Waals surface area (Å²) < 4.78 is 0. The van der Waals surface area contributed by atoms with Crippen molar-refractivity contribution in [2.75, 3.05) is 6.54 Å². The molecule has 0 saturated carbocycles. The van der Waals surface area contributed by atoms with Gasteiger partial charge in [-0.15, -0.1) is 11.3 Å². The first-order valence-corrected chi connectivity index (χ1v) is 7.83. The number of thiophene rings is 1. The van der Waals surface area contributed by atoms with Crippen LogP contribution in [0.3, 0.4) is 0 Å². The van der Waals surface area contributed by atoms with Crippen molar-refractivity contribution >= 4 is 28.3 Å². The van der Waals surface area contributed by atoms with E-state index in [1.165, 1.54) is 16.2 Å². The topological polar surface area (TPSA) is 24.4 Å². The van der Waals surface area contributed by atoms with Crippen molar-refractivity contribution in [3.8, 4) is 0 Å². The number of nitrogens with one attached hydrogen (secondary N) is 1. The van der Waals surface area contributed by atoms with E-state index < -0.39 is 0 Å². The van der Waals surface area contributed by atoms with Gasteiger partial charge in [0, 0.05) is 15.0 Å². The van der Waals surface area contributed by atoms with Crippen LogP contribution in [0.1, 0.15) is 30.0 Å². The summed E-state index contributed by atoms with van der Waals surface area (Å²) in [6, 6.07) is 4.37. The highest BCUT2D eigenvalue weighted by Crippen LogP contribution is 2.26. The van der Waals surface area contributed by atoms with Crippen LogP contribution in [0.4, 0.5) is 0 Å². The Morgan fingerprint density at radius 1 is 1.47 bits per heavy atom. The van der Waals surface area contributed by atoms with Gasteiger partial charge in [-0.2, -0.15) is 0 Å². The first kappa shape index (κ1) is 13.0. The van der Waals surface area contributed by atoms with Crippen LogP contribution in [-0.2, 0) is 6.54 Å². The summed E-state index contributed by atoms with van der Waals surface area (Å²) in [5, 5.41) is 5.25. The van der Waals surface area contributed by atoms with Crippen LogP contribution in [0.15, 0.2) is 17.1 Å². The standard InChI is InChI=1S/C13H20N2S2/c1-9(2)6-12-8-15-13(17-12)14-7-11-5-4-10(3)16-11/h4-5,9,12H,6-8H2,1-3H3,(H,14,15). The zero-order valence-electron chi connectivity index (χ0n) is 10.7. The van der Waals surface area contributed by atoms with Gasteiger partial charge in [0.25, 0.3) is 0 Å². The van der Waals surface area contributed by atoms with Crippen molar-refractivity contribution in [2.45, 2.75) is 39.0 Å². The van der Waals surface area contributed by atoms with Crippen LogP contribution in [-0.4, -0.2) is 17.0 Å². The van der Waals surface area contributed by atoms with E-state index in [-0.39, 0.29) is 0 Å². The Labute approximate surface area is 112 Å². The molecule has 1 unspecified atom stereocenters. The first-order chi connectivity index (χ1) is 8.13. The molecule has 1 aromatic rings. The average molecular weight is 268 g/mol. The number of aliphatic imine (C=N–C) groups is 1. The lowest BCUT2D eigenvalue weighted by Crippen LogP contribution is -2.18. The van der Waals surface area contributed by atoms with Gasteiger partial charge in [-0.05, 0) is 31.4 Å². The Morgan fingerprint density at radius 3 is 2.94 bits per heavy atom. The van der Waals surface area contributed by atoms with E-state index in [4.69, 9.17) is 0 Å². The zero-order chi connectivity index (χ0) is 12.3. The van der Waals surface area contributed by atoms with Crippen LogP contribution < -0.4 is 5.32 Å². The molecule has 0 bridgehead atoms. The molecular weight excluding hydrogens is 248 g/mol. The summed E-state index contributed by atoms with van der Waals surface area (Å²) in [5.41, 5.74) is 0. The summed E-state index contributed by atoms with van der Waals surface area (Å²) in [6.45, 7) is 8.60. The van der Waals surface area contributed by atoms with E-state index >= 15 is 0 Å². The molecule has 0 aromatic carbocycles. The molecule has 2 nitrogen and oxygen atoms in total. The molecule has 1 aliphatic heterocycles. The fraction of sp³-hybridized carbons (Fsp3) is 0.615. The van der Waals surface area contributed by atoms with Gasteiger partial charge >= 0.3 is 0 Å². The second-order valence-electron chi connectivity index (χ2n) is 4.88. The molecule has 94 valence electrons. The van der Waals surface area contributed by atoms with Gasteiger partial charge in [0.05, 0.1) is 13.1 Å². The van der Waals surface area contributed by atoms with E-state index in [1.807, 2.05) is 23.1 Å². The monoisotopic (exact) mass is 268 g/mol. The molecule has 0 amide bonds. The van der Waals surface area contributed by atoms with Crippen LogP contribution in [0.25, 0.3) is 0 Å². The molecule has 0 aliphatic carbocycles. The quantitative estimate of drug-likeness (QED) is 0.901. The highest BCUT2D eigenvalue weighted by Gasteiger charge is 2.20. The Kier molecular flexibility index (Phi) is 4.51. The molecule has 1 aromatic heterocycles. The lowest BCUT2D eigenvalue weighted by Gasteiger charge is -2.10. The van der Waals surface area contributed by atoms with Crippen LogP contribution in [0.2, 0.25) is 0 Å². The van der Waals surface area contributed by atoms with Crippen molar-refractivity contribution in [3.05, 3.63) is 21.9 Å². The molecule has 0 saturated heterocycles. The molecule has 17 heavy (non-hydrogen) atoms. The Hall–Kier alpha value is -0.480. The highest BCUT2D eigenvalue weighted by molar-refractivity contribution is 8.14. The van der Waals surface area contributed by atoms with E-state index in [0.717, 1.165) is 24.2 Å². The minimum Gasteiger partial charge on any atom is -0.360 e. The third-order valence-electron chi connectivity index (χ3n) is 2.66. The van der Waals surface area contributed by atoms with Crippen molar-refractivity contribution < 1.29 is 0 Å². The van der Waals surface area contributed by atoms with Crippen molar-refractivity contribution in [3.63, 3.8) is 0 Å². The lowest BCUT2D eigenvalue weighted by atomic mass is 10.1. The number of aryl methyl sites for hydroxylation is 1. The number of nitrogens with zero attached hydrogens (tertiary/aromatic N) is 1. The first-order valence-electron chi connectivity index (χ1n) is 6.14. The third-order valence-corrected chi connectivity index (χ3v) is 4.83. The Morgan fingerprint density at radius 2 is 2.29 bits per heavy atom. The maximum atomic E-state index is 4.57. The molecule has 0 fully saturated rings. The minimum absolute atomic E-state index is 0.683. The molecule has 1 aliphatic rings. The minimum atomic E-state index is 0.683. The SMILES string of the molecule is Cc1ccc(CNC2=NCC(CC(C)C)S2)s1. The fourth-order valence-electron chi connectivity index (χ4n) is 1.91. The van der Waals surface area contributed by atoms with Crippen molar-refractivity contribution in [1.29, 1.82) is 0 Å². The van der Waals surface area contributed by atoms with Crippen molar-refractivity contribution in [1.82, 2.24) is 5.32 Å². The van der Waals surface area contributed by atoms with Gasteiger partial charge in [-0.1, -0.05) is 25.6 Å². The molecule has 4 heteroatoms. The third kappa shape index (κ3) is 4.03. The number of thioether (sulfide) groups is 1. The molecule has 1 atom stereocenters. The van der Waals surface area contributed by atoms with Gasteiger partial charge in [-0.25, -0.2) is 0 Å². The molecule has 1 N–H and O–H groups in total. The van der Waals surface area contributed by atoms with Crippen LogP contribution >= 0.6 is 23.1 Å². The van der Waals surface area contributed by atoms with Crippen LogP contribution in [0, 0.1) is 12.8 Å². The second-order valence-corrected chi connectivity index (χ2v) is 7.54. The van der Waals surface area contributed by atoms with Gasteiger partial charge < -0.3 is 5.32 Å². The van der Waals surface area contributed by atoms with E-state index in [2.05, 4.69) is 43.2 Å². The summed E-state index contributed by atoms with van der Waals surface area (Å²) in [4.78, 5) is 7.33.